The highest BCUT2D eigenvalue weighted by atomic mass is 32.2. The maximum absolute atomic E-state index is 14.1. The van der Waals surface area contributed by atoms with Crippen LogP contribution >= 0.6 is 11.3 Å². The number of nitrogens with one attached hydrogen (secondary N) is 2. The van der Waals surface area contributed by atoms with Crippen LogP contribution < -0.4 is 10.0 Å². The van der Waals surface area contributed by atoms with Gasteiger partial charge < -0.3 is 0 Å². The highest BCUT2D eigenvalue weighted by molar-refractivity contribution is 7.89. The van der Waals surface area contributed by atoms with Crippen LogP contribution in [0.2, 0.25) is 0 Å². The molecule has 0 aliphatic carbocycles. The molecule has 1 amide bonds. The number of benzene rings is 2. The molecule has 0 fully saturated rings. The Kier molecular flexibility index (Phi) is 5.27. The van der Waals surface area contributed by atoms with Crippen molar-refractivity contribution in [1.29, 1.82) is 0 Å². The standard InChI is InChI=1S/C18H18FN3O3S2/c1-10(2)22-27(24,25)12-5-6-14(19)13(9-12)17(23)21-18-20-15-7-4-11(3)8-16(15)26-18/h4-10,22H,1-3H3,(H,20,21,23). The van der Waals surface area contributed by atoms with Gasteiger partial charge in [0.05, 0.1) is 20.7 Å². The average Bonchev–Trinajstić information content (AvgIpc) is 2.94. The van der Waals surface area contributed by atoms with Crippen LogP contribution in [0.15, 0.2) is 41.3 Å². The first-order chi connectivity index (χ1) is 12.7. The summed E-state index contributed by atoms with van der Waals surface area (Å²) in [6.45, 7) is 5.29. The summed E-state index contributed by atoms with van der Waals surface area (Å²) in [4.78, 5) is 16.6. The van der Waals surface area contributed by atoms with E-state index in [0.29, 0.717) is 5.13 Å². The molecule has 27 heavy (non-hydrogen) atoms. The number of nitrogens with zero attached hydrogens (tertiary/aromatic N) is 1. The third-order valence-electron chi connectivity index (χ3n) is 3.65. The molecule has 1 aromatic heterocycles. The lowest BCUT2D eigenvalue weighted by Gasteiger charge is -2.11. The fourth-order valence-electron chi connectivity index (χ4n) is 2.47. The Hall–Kier alpha value is -2.36. The average molecular weight is 407 g/mol. The van der Waals surface area contributed by atoms with E-state index >= 15 is 0 Å². The molecule has 0 unspecified atom stereocenters. The number of fused-ring (bicyclic) bond motifs is 1. The van der Waals surface area contributed by atoms with E-state index in [1.54, 1.807) is 13.8 Å². The van der Waals surface area contributed by atoms with E-state index < -0.39 is 21.7 Å². The van der Waals surface area contributed by atoms with Crippen molar-refractivity contribution < 1.29 is 17.6 Å². The van der Waals surface area contributed by atoms with Gasteiger partial charge in [-0.25, -0.2) is 22.5 Å². The van der Waals surface area contributed by atoms with Crippen molar-refractivity contribution >= 4 is 42.6 Å². The summed E-state index contributed by atoms with van der Waals surface area (Å²) in [6.07, 6.45) is 0. The predicted octanol–water partition coefficient (Wildman–Crippen LogP) is 3.68. The molecule has 0 saturated heterocycles. The van der Waals surface area contributed by atoms with Crippen molar-refractivity contribution in [2.24, 2.45) is 0 Å². The number of hydrogen-bond donors (Lipinski definition) is 2. The molecule has 3 aromatic rings. The van der Waals surface area contributed by atoms with E-state index in [9.17, 15) is 17.6 Å². The number of halogens is 1. The van der Waals surface area contributed by atoms with E-state index in [-0.39, 0.29) is 16.5 Å². The Morgan fingerprint density at radius 3 is 2.63 bits per heavy atom. The zero-order valence-corrected chi connectivity index (χ0v) is 16.5. The number of anilines is 1. The second kappa shape index (κ2) is 7.34. The molecule has 6 nitrogen and oxygen atoms in total. The topological polar surface area (TPSA) is 88.2 Å². The van der Waals surface area contributed by atoms with Crippen LogP contribution in [-0.4, -0.2) is 25.4 Å². The molecule has 2 aromatic carbocycles. The molecule has 0 radical (unpaired) electrons. The van der Waals surface area contributed by atoms with Crippen molar-refractivity contribution in [3.63, 3.8) is 0 Å². The van der Waals surface area contributed by atoms with Crippen molar-refractivity contribution in [2.45, 2.75) is 31.7 Å². The minimum atomic E-state index is -3.84. The second-order valence-electron chi connectivity index (χ2n) is 6.36. The minimum Gasteiger partial charge on any atom is -0.298 e. The van der Waals surface area contributed by atoms with Gasteiger partial charge in [-0.3, -0.25) is 10.1 Å². The molecule has 3 rings (SSSR count). The molecule has 1 heterocycles. The van der Waals surface area contributed by atoms with Crippen LogP contribution in [0.4, 0.5) is 9.52 Å². The van der Waals surface area contributed by atoms with Gasteiger partial charge in [0.2, 0.25) is 10.0 Å². The van der Waals surface area contributed by atoms with Crippen LogP contribution in [-0.2, 0) is 10.0 Å². The molecule has 9 heteroatoms. The van der Waals surface area contributed by atoms with Gasteiger partial charge in [-0.15, -0.1) is 0 Å². The first-order valence-electron chi connectivity index (χ1n) is 8.16. The predicted molar refractivity (Wildman–Crippen MR) is 104 cm³/mol. The summed E-state index contributed by atoms with van der Waals surface area (Å²) in [5.41, 5.74) is 1.42. The Balaban J connectivity index is 1.90. The number of carbonyl (C=O) groups is 1. The summed E-state index contributed by atoms with van der Waals surface area (Å²) >= 11 is 1.26. The van der Waals surface area contributed by atoms with Crippen molar-refractivity contribution in [3.05, 3.63) is 53.3 Å². The number of aromatic nitrogens is 1. The van der Waals surface area contributed by atoms with E-state index in [2.05, 4.69) is 15.0 Å². The first kappa shape index (κ1) is 19.4. The van der Waals surface area contributed by atoms with Gasteiger partial charge in [-0.1, -0.05) is 17.4 Å². The largest absolute Gasteiger partial charge is 0.298 e. The van der Waals surface area contributed by atoms with E-state index in [1.165, 1.54) is 11.3 Å². The number of amides is 1. The number of hydrogen-bond acceptors (Lipinski definition) is 5. The van der Waals surface area contributed by atoms with Gasteiger partial charge in [0, 0.05) is 6.04 Å². The fourth-order valence-corrected chi connectivity index (χ4v) is 4.71. The molecule has 0 spiro atoms. The number of carbonyl (C=O) groups excluding carboxylic acids is 1. The van der Waals surface area contributed by atoms with Crippen LogP contribution in [0.25, 0.3) is 10.2 Å². The van der Waals surface area contributed by atoms with Gasteiger partial charge in [0.15, 0.2) is 5.13 Å². The van der Waals surface area contributed by atoms with Gasteiger partial charge in [0.25, 0.3) is 5.91 Å². The molecule has 0 aliphatic heterocycles. The smallest absolute Gasteiger partial charge is 0.260 e. The fraction of sp³-hybridized carbons (Fsp3) is 0.222. The number of sulfonamides is 1. The number of rotatable bonds is 5. The zero-order valence-electron chi connectivity index (χ0n) is 14.9. The summed E-state index contributed by atoms with van der Waals surface area (Å²) in [6, 6.07) is 8.46. The van der Waals surface area contributed by atoms with Crippen molar-refractivity contribution in [1.82, 2.24) is 9.71 Å². The van der Waals surface area contributed by atoms with Crippen LogP contribution in [0, 0.1) is 12.7 Å². The molecule has 0 atom stereocenters. The Bertz CT molecular complexity index is 1120. The van der Waals surface area contributed by atoms with E-state index in [4.69, 9.17) is 0 Å². The monoisotopic (exact) mass is 407 g/mol. The van der Waals surface area contributed by atoms with Gasteiger partial charge in [-0.2, -0.15) is 0 Å². The molecular formula is C18H18FN3O3S2. The van der Waals surface area contributed by atoms with Crippen LogP contribution in [0.1, 0.15) is 29.8 Å². The SMILES string of the molecule is Cc1ccc2nc(NC(=O)c3cc(S(=O)(=O)NC(C)C)ccc3F)sc2c1. The van der Waals surface area contributed by atoms with Crippen LogP contribution in [0.5, 0.6) is 0 Å². The lowest BCUT2D eigenvalue weighted by molar-refractivity contribution is 0.102. The Labute approximate surface area is 160 Å². The van der Waals surface area contributed by atoms with Crippen LogP contribution in [0.3, 0.4) is 0 Å². The Morgan fingerprint density at radius 2 is 1.93 bits per heavy atom. The second-order valence-corrected chi connectivity index (χ2v) is 9.11. The molecular weight excluding hydrogens is 389 g/mol. The zero-order chi connectivity index (χ0) is 19.8. The highest BCUT2D eigenvalue weighted by Gasteiger charge is 2.21. The van der Waals surface area contributed by atoms with Crippen molar-refractivity contribution in [3.8, 4) is 0 Å². The van der Waals surface area contributed by atoms with Crippen molar-refractivity contribution in [2.75, 3.05) is 5.32 Å². The first-order valence-corrected chi connectivity index (χ1v) is 10.5. The molecule has 0 saturated carbocycles. The Morgan fingerprint density at radius 1 is 1.19 bits per heavy atom. The maximum Gasteiger partial charge on any atom is 0.260 e. The summed E-state index contributed by atoms with van der Waals surface area (Å²) in [7, 11) is -3.84. The highest BCUT2D eigenvalue weighted by Crippen LogP contribution is 2.27. The lowest BCUT2D eigenvalue weighted by atomic mass is 10.2. The van der Waals surface area contributed by atoms with Gasteiger partial charge in [-0.05, 0) is 56.7 Å². The lowest BCUT2D eigenvalue weighted by Crippen LogP contribution is -2.30. The summed E-state index contributed by atoms with van der Waals surface area (Å²) in [5, 5.41) is 2.85. The van der Waals surface area contributed by atoms with Gasteiger partial charge >= 0.3 is 0 Å². The quantitative estimate of drug-likeness (QED) is 0.675. The summed E-state index contributed by atoms with van der Waals surface area (Å²) in [5.74, 6) is -1.57. The van der Waals surface area contributed by atoms with E-state index in [0.717, 1.165) is 34.0 Å². The molecule has 2 N–H and O–H groups in total. The normalized spacial score (nSPS) is 11.9. The minimum absolute atomic E-state index is 0.178. The molecule has 142 valence electrons. The summed E-state index contributed by atoms with van der Waals surface area (Å²) < 4.78 is 42.0. The number of thiazole rings is 1. The maximum atomic E-state index is 14.1. The molecule has 0 bridgehead atoms. The third-order valence-corrected chi connectivity index (χ3v) is 6.24. The van der Waals surface area contributed by atoms with E-state index in [1.807, 2.05) is 25.1 Å². The molecule has 0 aliphatic rings. The third kappa shape index (κ3) is 4.32. The van der Waals surface area contributed by atoms with Gasteiger partial charge in [0.1, 0.15) is 5.82 Å². The number of aryl methyl sites for hydroxylation is 1.